The zero-order valence-electron chi connectivity index (χ0n) is 21.0. The van der Waals surface area contributed by atoms with Gasteiger partial charge in [0.15, 0.2) is 0 Å². The van der Waals surface area contributed by atoms with Crippen molar-refractivity contribution in [3.63, 3.8) is 0 Å². The van der Waals surface area contributed by atoms with Crippen LogP contribution in [0.3, 0.4) is 0 Å². The number of benzene rings is 1. The molecule has 0 aliphatic carbocycles. The number of ether oxygens (including phenoxy) is 2. The van der Waals surface area contributed by atoms with Crippen LogP contribution < -0.4 is 0 Å². The predicted molar refractivity (Wildman–Crippen MR) is 141 cm³/mol. The molecule has 0 saturated carbocycles. The third-order valence-electron chi connectivity index (χ3n) is 7.07. The van der Waals surface area contributed by atoms with Gasteiger partial charge in [0.1, 0.15) is 5.76 Å². The highest BCUT2D eigenvalue weighted by Gasteiger charge is 2.46. The topological polar surface area (TPSA) is 117 Å². The zero-order chi connectivity index (χ0) is 26.7. The molecular formula is C26H31N3O7S2. The second kappa shape index (κ2) is 11.6. The Bertz CT molecular complexity index is 1280. The number of aliphatic hydroxyl groups is 1. The Morgan fingerprint density at radius 2 is 1.61 bits per heavy atom. The minimum atomic E-state index is -3.70. The first kappa shape index (κ1) is 27.0. The van der Waals surface area contributed by atoms with Crippen LogP contribution in [0.2, 0.25) is 0 Å². The molecule has 1 N–H and O–H groups in total. The number of carbonyl (C=O) groups is 2. The second-order valence-electron chi connectivity index (χ2n) is 9.36. The maximum atomic E-state index is 13.2. The number of hydrogen-bond acceptors (Lipinski definition) is 9. The fraction of sp³-hybridized carbons (Fsp3) is 0.462. The van der Waals surface area contributed by atoms with Gasteiger partial charge in [-0.2, -0.15) is 4.31 Å². The van der Waals surface area contributed by atoms with E-state index in [4.69, 9.17) is 9.47 Å². The van der Waals surface area contributed by atoms with Gasteiger partial charge in [0, 0.05) is 49.7 Å². The molecule has 0 unspecified atom stereocenters. The van der Waals surface area contributed by atoms with Crippen molar-refractivity contribution in [3.8, 4) is 0 Å². The molecule has 204 valence electrons. The highest BCUT2D eigenvalue weighted by molar-refractivity contribution is 7.89. The molecule has 1 atom stereocenters. The van der Waals surface area contributed by atoms with Crippen molar-refractivity contribution in [2.45, 2.75) is 17.4 Å². The van der Waals surface area contributed by atoms with Crippen LogP contribution in [-0.4, -0.2) is 105 Å². The normalized spacial score (nSPS) is 23.3. The highest BCUT2D eigenvalue weighted by atomic mass is 32.2. The number of morpholine rings is 2. The van der Waals surface area contributed by atoms with E-state index in [9.17, 15) is 23.1 Å². The van der Waals surface area contributed by atoms with E-state index in [1.165, 1.54) is 44.8 Å². The Morgan fingerprint density at radius 1 is 0.947 bits per heavy atom. The van der Waals surface area contributed by atoms with Crippen LogP contribution in [0, 0.1) is 0 Å². The van der Waals surface area contributed by atoms with E-state index >= 15 is 0 Å². The molecule has 0 bridgehead atoms. The van der Waals surface area contributed by atoms with E-state index in [2.05, 4.69) is 4.90 Å². The van der Waals surface area contributed by atoms with Gasteiger partial charge in [-0.3, -0.25) is 14.5 Å². The number of amides is 1. The summed E-state index contributed by atoms with van der Waals surface area (Å²) >= 11 is 1.41. The molecule has 5 rings (SSSR count). The molecule has 3 saturated heterocycles. The van der Waals surface area contributed by atoms with Crippen LogP contribution in [0.25, 0.3) is 5.76 Å². The lowest BCUT2D eigenvalue weighted by Gasteiger charge is -2.28. The fourth-order valence-corrected chi connectivity index (χ4v) is 7.27. The summed E-state index contributed by atoms with van der Waals surface area (Å²) < 4.78 is 37.9. The Kier molecular flexibility index (Phi) is 8.26. The summed E-state index contributed by atoms with van der Waals surface area (Å²) in [6, 6.07) is 8.77. The Morgan fingerprint density at radius 3 is 2.24 bits per heavy atom. The lowest BCUT2D eigenvalue weighted by Crippen LogP contribution is -2.40. The van der Waals surface area contributed by atoms with Gasteiger partial charge in [-0.05, 0) is 42.1 Å². The van der Waals surface area contributed by atoms with E-state index in [0.717, 1.165) is 24.5 Å². The maximum Gasteiger partial charge on any atom is 0.295 e. The highest BCUT2D eigenvalue weighted by Crippen LogP contribution is 2.41. The van der Waals surface area contributed by atoms with E-state index in [0.29, 0.717) is 39.4 Å². The molecule has 4 heterocycles. The molecule has 1 aromatic heterocycles. The first-order chi connectivity index (χ1) is 18.4. The number of hydrogen-bond donors (Lipinski definition) is 1. The predicted octanol–water partition coefficient (Wildman–Crippen LogP) is 1.91. The molecule has 10 nitrogen and oxygen atoms in total. The number of nitrogens with zero attached hydrogens (tertiary/aromatic N) is 3. The number of Topliss-reactive ketones (excluding diaryl/α,β-unsaturated/α-hetero) is 1. The standard InChI is InChI=1S/C26H31N3O7S2/c30-24(19-4-6-20(7-5-19)38(33,34)28-12-16-36-17-13-28)22-23(21-3-1-18-37-21)29(26(32)25(22)31)9-2-8-27-10-14-35-15-11-27/h1,3-7,18,23,30H,2,8-17H2/t23-/m0/s1. The average molecular weight is 562 g/mol. The van der Waals surface area contributed by atoms with Crippen molar-refractivity contribution in [2.75, 3.05) is 65.7 Å². The van der Waals surface area contributed by atoms with Crippen LogP contribution in [0.15, 0.2) is 52.2 Å². The van der Waals surface area contributed by atoms with Gasteiger partial charge in [-0.1, -0.05) is 6.07 Å². The molecule has 3 fully saturated rings. The second-order valence-corrected chi connectivity index (χ2v) is 12.3. The third kappa shape index (κ3) is 5.42. The number of ketones is 1. The molecule has 0 spiro atoms. The van der Waals surface area contributed by atoms with Crippen LogP contribution in [0.1, 0.15) is 22.9 Å². The van der Waals surface area contributed by atoms with Gasteiger partial charge >= 0.3 is 0 Å². The van der Waals surface area contributed by atoms with Gasteiger partial charge in [0.05, 0.1) is 42.9 Å². The molecule has 0 radical (unpaired) electrons. The molecule has 3 aliphatic rings. The number of carbonyl (C=O) groups excluding carboxylic acids is 2. The fourth-order valence-electron chi connectivity index (χ4n) is 5.02. The smallest absolute Gasteiger partial charge is 0.295 e. The Labute approximate surface area is 226 Å². The minimum absolute atomic E-state index is 0.0209. The minimum Gasteiger partial charge on any atom is -0.507 e. The number of aliphatic hydroxyl groups excluding tert-OH is 1. The molecule has 3 aliphatic heterocycles. The lowest BCUT2D eigenvalue weighted by molar-refractivity contribution is -0.140. The summed E-state index contributed by atoms with van der Waals surface area (Å²) in [5, 5.41) is 13.1. The van der Waals surface area contributed by atoms with Crippen molar-refractivity contribution in [3.05, 3.63) is 57.8 Å². The summed E-state index contributed by atoms with van der Waals surface area (Å²) in [7, 11) is -3.70. The monoisotopic (exact) mass is 561 g/mol. The molecule has 12 heteroatoms. The van der Waals surface area contributed by atoms with E-state index < -0.39 is 27.8 Å². The van der Waals surface area contributed by atoms with Crippen molar-refractivity contribution in [1.29, 1.82) is 0 Å². The Hall–Kier alpha value is -2.61. The van der Waals surface area contributed by atoms with Gasteiger partial charge in [-0.15, -0.1) is 11.3 Å². The molecule has 1 aromatic carbocycles. The molecular weight excluding hydrogens is 530 g/mol. The van der Waals surface area contributed by atoms with Crippen molar-refractivity contribution in [2.24, 2.45) is 0 Å². The van der Waals surface area contributed by atoms with Crippen LogP contribution in [-0.2, 0) is 29.1 Å². The quantitative estimate of drug-likeness (QED) is 0.295. The van der Waals surface area contributed by atoms with E-state index in [-0.39, 0.29) is 34.9 Å². The molecule has 2 aromatic rings. The van der Waals surface area contributed by atoms with Gasteiger partial charge < -0.3 is 19.5 Å². The van der Waals surface area contributed by atoms with E-state index in [1.54, 1.807) is 0 Å². The molecule has 1 amide bonds. The van der Waals surface area contributed by atoms with Crippen molar-refractivity contribution >= 4 is 38.8 Å². The first-order valence-electron chi connectivity index (χ1n) is 12.7. The van der Waals surface area contributed by atoms with Crippen LogP contribution >= 0.6 is 11.3 Å². The van der Waals surface area contributed by atoms with Crippen LogP contribution in [0.5, 0.6) is 0 Å². The number of rotatable bonds is 8. The number of thiophene rings is 1. The SMILES string of the molecule is O=C1C(=O)N(CCCN2CCOCC2)[C@@H](c2cccs2)C1=C(O)c1ccc(S(=O)(=O)N2CCOCC2)cc1. The Balaban J connectivity index is 1.40. The summed E-state index contributed by atoms with van der Waals surface area (Å²) in [5.74, 6) is -1.69. The van der Waals surface area contributed by atoms with Gasteiger partial charge in [-0.25, -0.2) is 8.42 Å². The number of sulfonamides is 1. The summed E-state index contributed by atoms with van der Waals surface area (Å²) in [4.78, 5) is 31.0. The summed E-state index contributed by atoms with van der Waals surface area (Å²) in [5.41, 5.74) is 0.298. The average Bonchev–Trinajstić information content (AvgIpc) is 3.57. The lowest BCUT2D eigenvalue weighted by atomic mass is 10.00. The summed E-state index contributed by atoms with van der Waals surface area (Å²) in [6.07, 6.45) is 0.684. The third-order valence-corrected chi connectivity index (χ3v) is 9.90. The summed E-state index contributed by atoms with van der Waals surface area (Å²) in [6.45, 7) is 5.44. The van der Waals surface area contributed by atoms with Crippen LogP contribution in [0.4, 0.5) is 0 Å². The largest absolute Gasteiger partial charge is 0.507 e. The number of likely N-dealkylation sites (tertiary alicyclic amines) is 1. The first-order valence-corrected chi connectivity index (χ1v) is 15.0. The van der Waals surface area contributed by atoms with Crippen molar-refractivity contribution in [1.82, 2.24) is 14.1 Å². The van der Waals surface area contributed by atoms with Gasteiger partial charge in [0.2, 0.25) is 10.0 Å². The zero-order valence-corrected chi connectivity index (χ0v) is 22.6. The van der Waals surface area contributed by atoms with Gasteiger partial charge in [0.25, 0.3) is 11.7 Å². The van der Waals surface area contributed by atoms with Crippen molar-refractivity contribution < 1.29 is 32.6 Å². The van der Waals surface area contributed by atoms with E-state index in [1.807, 2.05) is 17.5 Å². The maximum absolute atomic E-state index is 13.2. The molecule has 38 heavy (non-hydrogen) atoms.